The molecule has 0 saturated carbocycles. The van der Waals surface area contributed by atoms with Gasteiger partial charge in [-0.05, 0) is 12.2 Å². The van der Waals surface area contributed by atoms with Crippen LogP contribution in [-0.4, -0.2) is 48.0 Å². The first-order chi connectivity index (χ1) is 5.41. The second-order valence-electron chi connectivity index (χ2n) is 2.16. The van der Waals surface area contributed by atoms with Gasteiger partial charge < -0.3 is 15.5 Å². The summed E-state index contributed by atoms with van der Waals surface area (Å²) in [6.07, 6.45) is 0.880. The molecule has 0 atom stereocenters. The molecular weight excluding hydrogens is 162 g/mol. The van der Waals surface area contributed by atoms with E-state index < -0.39 is 0 Å². The zero-order valence-corrected chi connectivity index (χ0v) is 7.57. The normalized spacial score (nSPS) is 10.4. The lowest BCUT2D eigenvalue weighted by atomic mass is 10.5. The van der Waals surface area contributed by atoms with E-state index in [1.165, 1.54) is 0 Å². The monoisotopic (exact) mass is 179 g/mol. The van der Waals surface area contributed by atoms with E-state index in [1.54, 1.807) is 0 Å². The van der Waals surface area contributed by atoms with Crippen LogP contribution in [0.4, 0.5) is 0 Å². The molecule has 0 aromatic rings. The van der Waals surface area contributed by atoms with Gasteiger partial charge in [-0.15, -0.1) is 0 Å². The van der Waals surface area contributed by atoms with Crippen LogP contribution in [0.2, 0.25) is 0 Å². The van der Waals surface area contributed by atoms with Gasteiger partial charge >= 0.3 is 0 Å². The summed E-state index contributed by atoms with van der Waals surface area (Å²) < 4.78 is 0. The van der Waals surface area contributed by atoms with E-state index in [0.29, 0.717) is 6.54 Å². The minimum atomic E-state index is 0.210. The molecule has 0 amide bonds. The zero-order chi connectivity index (χ0) is 8.36. The molecule has 0 fully saturated rings. The average molecular weight is 179 g/mol. The molecule has 0 aliphatic rings. The molecule has 3 nitrogen and oxygen atoms in total. The van der Waals surface area contributed by atoms with Crippen molar-refractivity contribution in [3.05, 3.63) is 0 Å². The number of aliphatic hydroxyl groups is 2. The number of rotatable bonds is 8. The summed E-state index contributed by atoms with van der Waals surface area (Å²) in [5, 5.41) is 19.9. The van der Waals surface area contributed by atoms with Crippen LogP contribution in [-0.2, 0) is 0 Å². The van der Waals surface area contributed by atoms with Crippen LogP contribution in [0.3, 0.4) is 0 Å². The Morgan fingerprint density at radius 3 is 2.45 bits per heavy atom. The highest BCUT2D eigenvalue weighted by atomic mass is 32.2. The fourth-order valence-corrected chi connectivity index (χ4v) is 1.44. The predicted molar refractivity (Wildman–Crippen MR) is 49.0 cm³/mol. The number of hydrogen-bond donors (Lipinski definition) is 3. The lowest BCUT2D eigenvalue weighted by Gasteiger charge is -2.01. The van der Waals surface area contributed by atoms with Crippen molar-refractivity contribution in [3.8, 4) is 0 Å². The van der Waals surface area contributed by atoms with E-state index in [4.69, 9.17) is 10.2 Å². The molecule has 0 bridgehead atoms. The molecule has 0 aliphatic carbocycles. The number of aliphatic hydroxyl groups excluding tert-OH is 2. The smallest absolute Gasteiger partial charge is 0.0555 e. The molecule has 0 saturated heterocycles. The number of nitrogens with one attached hydrogen (secondary N) is 1. The second kappa shape index (κ2) is 10.2. The molecule has 3 N–H and O–H groups in total. The largest absolute Gasteiger partial charge is 0.396 e. The zero-order valence-electron chi connectivity index (χ0n) is 6.75. The Hall–Kier alpha value is 0.230. The van der Waals surface area contributed by atoms with E-state index >= 15 is 0 Å². The molecule has 0 aromatic heterocycles. The Kier molecular flexibility index (Phi) is 10.4. The summed E-state index contributed by atoms with van der Waals surface area (Å²) in [4.78, 5) is 0. The molecule has 0 unspecified atom stereocenters. The van der Waals surface area contributed by atoms with Gasteiger partial charge in [-0.3, -0.25) is 0 Å². The number of hydrogen-bond acceptors (Lipinski definition) is 4. The molecular formula is C7H17NO2S. The average Bonchev–Trinajstić information content (AvgIpc) is 2.03. The molecule has 4 heteroatoms. The number of thioether (sulfide) groups is 1. The Morgan fingerprint density at radius 1 is 1.00 bits per heavy atom. The summed E-state index contributed by atoms with van der Waals surface area (Å²) in [6.45, 7) is 2.12. The van der Waals surface area contributed by atoms with E-state index in [0.717, 1.165) is 24.5 Å². The summed E-state index contributed by atoms with van der Waals surface area (Å²) in [5.41, 5.74) is 0. The van der Waals surface area contributed by atoms with Crippen LogP contribution in [0.25, 0.3) is 0 Å². The van der Waals surface area contributed by atoms with Crippen LogP contribution in [0, 0.1) is 0 Å². The van der Waals surface area contributed by atoms with Gasteiger partial charge in [-0.25, -0.2) is 0 Å². The quantitative estimate of drug-likeness (QED) is 0.447. The lowest BCUT2D eigenvalue weighted by molar-refractivity contribution is 0.294. The predicted octanol–water partition coefficient (Wildman–Crippen LogP) is -0.316. The maximum Gasteiger partial charge on any atom is 0.0555 e. The minimum absolute atomic E-state index is 0.210. The van der Waals surface area contributed by atoms with Gasteiger partial charge in [-0.1, -0.05) is 0 Å². The van der Waals surface area contributed by atoms with Crippen LogP contribution in [0.5, 0.6) is 0 Å². The first-order valence-corrected chi connectivity index (χ1v) is 5.07. The van der Waals surface area contributed by atoms with Crippen molar-refractivity contribution in [2.45, 2.75) is 6.42 Å². The molecule has 0 aromatic carbocycles. The van der Waals surface area contributed by atoms with Gasteiger partial charge in [0, 0.05) is 25.4 Å². The van der Waals surface area contributed by atoms with Gasteiger partial charge in [0.05, 0.1) is 6.61 Å². The molecule has 0 aliphatic heterocycles. The van der Waals surface area contributed by atoms with Gasteiger partial charge in [0.25, 0.3) is 0 Å². The highest BCUT2D eigenvalue weighted by Crippen LogP contribution is 1.99. The van der Waals surface area contributed by atoms with Gasteiger partial charge in [0.1, 0.15) is 0 Å². The molecule has 11 heavy (non-hydrogen) atoms. The highest BCUT2D eigenvalue weighted by molar-refractivity contribution is 7.99. The summed E-state index contributed by atoms with van der Waals surface area (Å²) in [6, 6.07) is 0. The summed E-state index contributed by atoms with van der Waals surface area (Å²) in [7, 11) is 0. The first kappa shape index (κ1) is 11.2. The summed E-state index contributed by atoms with van der Waals surface area (Å²) >= 11 is 1.82. The van der Waals surface area contributed by atoms with Gasteiger partial charge in [0.2, 0.25) is 0 Å². The Morgan fingerprint density at radius 2 is 1.82 bits per heavy atom. The van der Waals surface area contributed by atoms with Crippen LogP contribution in [0.15, 0.2) is 0 Å². The molecule has 0 heterocycles. The van der Waals surface area contributed by atoms with Crippen LogP contribution in [0.1, 0.15) is 6.42 Å². The van der Waals surface area contributed by atoms with E-state index in [-0.39, 0.29) is 13.2 Å². The molecule has 68 valence electrons. The third kappa shape index (κ3) is 10.2. The van der Waals surface area contributed by atoms with Crippen molar-refractivity contribution < 1.29 is 10.2 Å². The first-order valence-electron chi connectivity index (χ1n) is 3.92. The molecule has 0 rings (SSSR count). The van der Waals surface area contributed by atoms with E-state index in [9.17, 15) is 0 Å². The van der Waals surface area contributed by atoms with Crippen molar-refractivity contribution in [1.29, 1.82) is 0 Å². The third-order valence-corrected chi connectivity index (χ3v) is 2.23. The molecule has 0 spiro atoms. The standard InChI is InChI=1S/C7H17NO2S/c9-4-1-6-11-7-3-8-2-5-10/h8-10H,1-7H2. The fraction of sp³-hybridized carbons (Fsp3) is 1.00. The maximum absolute atomic E-state index is 8.44. The van der Waals surface area contributed by atoms with Crippen molar-refractivity contribution in [1.82, 2.24) is 5.32 Å². The van der Waals surface area contributed by atoms with Crippen molar-refractivity contribution in [2.75, 3.05) is 37.8 Å². The minimum Gasteiger partial charge on any atom is -0.396 e. The third-order valence-electron chi connectivity index (χ3n) is 1.16. The van der Waals surface area contributed by atoms with E-state index in [2.05, 4.69) is 5.32 Å². The van der Waals surface area contributed by atoms with Crippen molar-refractivity contribution in [2.24, 2.45) is 0 Å². The van der Waals surface area contributed by atoms with Crippen LogP contribution >= 0.6 is 11.8 Å². The molecule has 0 radical (unpaired) electrons. The van der Waals surface area contributed by atoms with E-state index in [1.807, 2.05) is 11.8 Å². The topological polar surface area (TPSA) is 52.5 Å². The van der Waals surface area contributed by atoms with Crippen molar-refractivity contribution in [3.63, 3.8) is 0 Å². The fourth-order valence-electron chi connectivity index (χ4n) is 0.617. The SMILES string of the molecule is OCCCSCCNCCO. The summed E-state index contributed by atoms with van der Waals surface area (Å²) in [5.74, 6) is 2.08. The Labute approximate surface area is 72.2 Å². The maximum atomic E-state index is 8.44. The van der Waals surface area contributed by atoms with Crippen LogP contribution < -0.4 is 5.32 Å². The van der Waals surface area contributed by atoms with Gasteiger partial charge in [0.15, 0.2) is 0 Å². The highest BCUT2D eigenvalue weighted by Gasteiger charge is 1.88. The van der Waals surface area contributed by atoms with Gasteiger partial charge in [-0.2, -0.15) is 11.8 Å². The Balaban J connectivity index is 2.69. The second-order valence-corrected chi connectivity index (χ2v) is 3.39. The Bertz CT molecular complexity index is 65.5. The lowest BCUT2D eigenvalue weighted by Crippen LogP contribution is -2.20. The van der Waals surface area contributed by atoms with Crippen molar-refractivity contribution >= 4 is 11.8 Å².